The average Bonchev–Trinajstić information content (AvgIpc) is 2.27. The van der Waals surface area contributed by atoms with Crippen LogP contribution in [0.3, 0.4) is 0 Å². The average molecular weight is 322 g/mol. The van der Waals surface area contributed by atoms with Crippen molar-refractivity contribution in [3.05, 3.63) is 34.3 Å². The summed E-state index contributed by atoms with van der Waals surface area (Å²) < 4.78 is 24.8. The molecule has 0 fully saturated rings. The number of halogens is 3. The highest BCUT2D eigenvalue weighted by Gasteiger charge is 2.25. The maximum absolute atomic E-state index is 12.2. The van der Waals surface area contributed by atoms with E-state index < -0.39 is 30.8 Å². The third-order valence-electron chi connectivity index (χ3n) is 2.14. The number of carbonyl (C=O) groups is 2. The van der Waals surface area contributed by atoms with Crippen LogP contribution in [-0.2, 0) is 4.79 Å². The van der Waals surface area contributed by atoms with Gasteiger partial charge in [-0.2, -0.15) is 0 Å². The zero-order valence-electron chi connectivity index (χ0n) is 9.07. The summed E-state index contributed by atoms with van der Waals surface area (Å²) in [7, 11) is 0. The fraction of sp³-hybridized carbons (Fsp3) is 0.273. The molecule has 0 saturated heterocycles. The van der Waals surface area contributed by atoms with Gasteiger partial charge in [0.15, 0.2) is 0 Å². The van der Waals surface area contributed by atoms with E-state index in [1.165, 1.54) is 6.07 Å². The molecule has 1 atom stereocenters. The normalized spacial score (nSPS) is 12.2. The minimum absolute atomic E-state index is 0.193. The molecule has 0 bridgehead atoms. The van der Waals surface area contributed by atoms with Crippen LogP contribution < -0.4 is 5.32 Å². The van der Waals surface area contributed by atoms with E-state index in [4.69, 9.17) is 5.11 Å². The van der Waals surface area contributed by atoms with E-state index in [0.29, 0.717) is 4.47 Å². The number of carbonyl (C=O) groups excluding carboxylic acids is 1. The zero-order valence-corrected chi connectivity index (χ0v) is 10.7. The quantitative estimate of drug-likeness (QED) is 0.874. The summed E-state index contributed by atoms with van der Waals surface area (Å²) in [5, 5.41) is 10.8. The highest BCUT2D eigenvalue weighted by molar-refractivity contribution is 9.10. The van der Waals surface area contributed by atoms with Crippen LogP contribution in [0, 0.1) is 0 Å². The van der Waals surface area contributed by atoms with Gasteiger partial charge in [-0.1, -0.05) is 12.1 Å². The zero-order chi connectivity index (χ0) is 13.7. The van der Waals surface area contributed by atoms with Crippen molar-refractivity contribution in [3.8, 4) is 0 Å². The second-order valence-corrected chi connectivity index (χ2v) is 4.33. The third kappa shape index (κ3) is 4.06. The predicted octanol–water partition coefficient (Wildman–Crippen LogP) is 2.29. The van der Waals surface area contributed by atoms with Gasteiger partial charge in [-0.3, -0.25) is 4.79 Å². The van der Waals surface area contributed by atoms with Gasteiger partial charge in [-0.15, -0.1) is 0 Å². The van der Waals surface area contributed by atoms with Gasteiger partial charge < -0.3 is 10.4 Å². The molecule has 7 heteroatoms. The van der Waals surface area contributed by atoms with Crippen LogP contribution in [0.4, 0.5) is 8.78 Å². The number of hydrogen-bond acceptors (Lipinski definition) is 2. The number of carboxylic acid groups (broad SMARTS) is 1. The summed E-state index contributed by atoms with van der Waals surface area (Å²) in [6.07, 6.45) is -3.73. The maximum atomic E-state index is 12.2. The summed E-state index contributed by atoms with van der Waals surface area (Å²) in [4.78, 5) is 22.4. The molecule has 2 N–H and O–H groups in total. The van der Waals surface area contributed by atoms with Crippen molar-refractivity contribution < 1.29 is 23.5 Å². The van der Waals surface area contributed by atoms with Crippen LogP contribution >= 0.6 is 15.9 Å². The van der Waals surface area contributed by atoms with Crippen LogP contribution in [0.25, 0.3) is 0 Å². The molecule has 0 spiro atoms. The van der Waals surface area contributed by atoms with Gasteiger partial charge in [0.25, 0.3) is 5.91 Å². The van der Waals surface area contributed by atoms with Crippen molar-refractivity contribution in [1.29, 1.82) is 0 Å². The Balaban J connectivity index is 2.79. The van der Waals surface area contributed by atoms with Crippen LogP contribution in [0.5, 0.6) is 0 Å². The van der Waals surface area contributed by atoms with E-state index in [2.05, 4.69) is 21.2 Å². The molecular weight excluding hydrogens is 312 g/mol. The molecule has 1 unspecified atom stereocenters. The molecule has 98 valence electrons. The minimum atomic E-state index is -2.80. The number of benzene rings is 1. The Morgan fingerprint density at radius 1 is 1.33 bits per heavy atom. The number of rotatable bonds is 5. The largest absolute Gasteiger partial charge is 0.480 e. The first-order valence-electron chi connectivity index (χ1n) is 4.98. The van der Waals surface area contributed by atoms with E-state index in [1.54, 1.807) is 18.2 Å². The highest BCUT2D eigenvalue weighted by Crippen LogP contribution is 2.16. The fourth-order valence-corrected chi connectivity index (χ4v) is 1.75. The first-order valence-corrected chi connectivity index (χ1v) is 5.77. The molecule has 0 aliphatic carbocycles. The molecule has 1 aromatic carbocycles. The molecule has 0 aliphatic heterocycles. The Kier molecular flexibility index (Phi) is 5.21. The lowest BCUT2D eigenvalue weighted by atomic mass is 10.1. The monoisotopic (exact) mass is 321 g/mol. The topological polar surface area (TPSA) is 66.4 Å². The SMILES string of the molecule is O=C(NC(CC(F)F)C(=O)O)c1ccccc1Br. The van der Waals surface area contributed by atoms with Crippen LogP contribution in [0.15, 0.2) is 28.7 Å². The molecule has 0 heterocycles. The summed E-state index contributed by atoms with van der Waals surface area (Å²) in [6, 6.07) is 4.71. The Bertz CT molecular complexity index is 454. The van der Waals surface area contributed by atoms with E-state index in [1.807, 2.05) is 0 Å². The second-order valence-electron chi connectivity index (χ2n) is 3.47. The standard InChI is InChI=1S/C11H10BrF2NO3/c12-7-4-2-1-3-6(7)10(16)15-8(11(17)18)5-9(13)14/h1-4,8-9H,5H2,(H,15,16)(H,17,18). The Hall–Kier alpha value is -1.50. The van der Waals surface area contributed by atoms with Crippen molar-refractivity contribution in [2.24, 2.45) is 0 Å². The lowest BCUT2D eigenvalue weighted by Gasteiger charge is -2.14. The number of amides is 1. The first-order chi connectivity index (χ1) is 8.41. The second kappa shape index (κ2) is 6.44. The molecular formula is C11H10BrF2NO3. The molecule has 1 amide bonds. The van der Waals surface area contributed by atoms with Crippen molar-refractivity contribution in [1.82, 2.24) is 5.32 Å². The maximum Gasteiger partial charge on any atom is 0.326 e. The first kappa shape index (κ1) is 14.6. The van der Waals surface area contributed by atoms with Crippen LogP contribution in [-0.4, -0.2) is 29.5 Å². The van der Waals surface area contributed by atoms with Crippen LogP contribution in [0.1, 0.15) is 16.8 Å². The molecule has 1 aromatic rings. The van der Waals surface area contributed by atoms with Gasteiger partial charge in [0.2, 0.25) is 6.43 Å². The van der Waals surface area contributed by atoms with Gasteiger partial charge in [0, 0.05) is 10.9 Å². The van der Waals surface area contributed by atoms with Gasteiger partial charge in [0.1, 0.15) is 6.04 Å². The number of alkyl halides is 2. The Morgan fingerprint density at radius 2 is 1.94 bits per heavy atom. The van der Waals surface area contributed by atoms with Gasteiger partial charge in [-0.25, -0.2) is 13.6 Å². The van der Waals surface area contributed by atoms with E-state index >= 15 is 0 Å². The summed E-state index contributed by atoms with van der Waals surface area (Å²) >= 11 is 3.12. The molecule has 0 aromatic heterocycles. The van der Waals surface area contributed by atoms with Crippen molar-refractivity contribution in [3.63, 3.8) is 0 Å². The van der Waals surface area contributed by atoms with E-state index in [9.17, 15) is 18.4 Å². The van der Waals surface area contributed by atoms with Gasteiger partial charge >= 0.3 is 5.97 Å². The van der Waals surface area contributed by atoms with Gasteiger partial charge in [-0.05, 0) is 28.1 Å². The molecule has 0 saturated carbocycles. The van der Waals surface area contributed by atoms with Crippen molar-refractivity contribution in [2.75, 3.05) is 0 Å². The lowest BCUT2D eigenvalue weighted by Crippen LogP contribution is -2.42. The van der Waals surface area contributed by atoms with Crippen molar-refractivity contribution >= 4 is 27.8 Å². The Labute approximate surface area is 110 Å². The molecule has 0 aliphatic rings. The number of nitrogens with one attached hydrogen (secondary N) is 1. The molecule has 4 nitrogen and oxygen atoms in total. The summed E-state index contributed by atoms with van der Waals surface area (Å²) in [5.74, 6) is -2.20. The highest BCUT2D eigenvalue weighted by atomic mass is 79.9. The van der Waals surface area contributed by atoms with Gasteiger partial charge in [0.05, 0.1) is 5.56 Å². The van der Waals surface area contributed by atoms with E-state index in [0.717, 1.165) is 0 Å². The smallest absolute Gasteiger partial charge is 0.326 e. The molecule has 0 radical (unpaired) electrons. The molecule has 18 heavy (non-hydrogen) atoms. The third-order valence-corrected chi connectivity index (χ3v) is 2.83. The van der Waals surface area contributed by atoms with Crippen LogP contribution in [0.2, 0.25) is 0 Å². The van der Waals surface area contributed by atoms with E-state index in [-0.39, 0.29) is 5.56 Å². The number of aliphatic carboxylic acids is 1. The molecule has 1 rings (SSSR count). The summed E-state index contributed by atoms with van der Waals surface area (Å²) in [5.41, 5.74) is 0.193. The lowest BCUT2D eigenvalue weighted by molar-refractivity contribution is -0.140. The van der Waals surface area contributed by atoms with Crippen molar-refractivity contribution in [2.45, 2.75) is 18.9 Å². The minimum Gasteiger partial charge on any atom is -0.480 e. The predicted molar refractivity (Wildman–Crippen MR) is 63.7 cm³/mol. The fourth-order valence-electron chi connectivity index (χ4n) is 1.28. The Morgan fingerprint density at radius 3 is 2.44 bits per heavy atom. The number of hydrogen-bond donors (Lipinski definition) is 2. The summed E-state index contributed by atoms with van der Waals surface area (Å²) in [6.45, 7) is 0. The number of carboxylic acids is 1.